The molecule has 8 rings (SSSR count). The maximum absolute atomic E-state index is 14.4. The number of fused-ring (bicyclic) bond motifs is 1. The van der Waals surface area contributed by atoms with Crippen LogP contribution in [-0.2, 0) is 92.5 Å². The summed E-state index contributed by atoms with van der Waals surface area (Å²) in [4.78, 5) is 118. The minimum Gasteiger partial charge on any atom is -0.479 e. The number of carboxylic acids is 1. The van der Waals surface area contributed by atoms with Gasteiger partial charge in [-0.1, -0.05) is 50.3 Å². The molecular weight excluding hydrogens is 1400 g/mol. The van der Waals surface area contributed by atoms with Crippen molar-refractivity contribution in [1.82, 2.24) is 25.9 Å². The number of benzene rings is 3. The van der Waals surface area contributed by atoms with Crippen LogP contribution in [0.3, 0.4) is 0 Å². The van der Waals surface area contributed by atoms with Crippen LogP contribution in [0.2, 0.25) is 0 Å². The van der Waals surface area contributed by atoms with Gasteiger partial charge in [0.1, 0.15) is 66.5 Å². The van der Waals surface area contributed by atoms with E-state index >= 15 is 0 Å². The van der Waals surface area contributed by atoms with Crippen LogP contribution in [-0.4, -0.2) is 259 Å². The molecule has 4 aromatic rings. The number of aliphatic carboxylic acids is 1. The van der Waals surface area contributed by atoms with Crippen molar-refractivity contribution in [3.05, 3.63) is 92.8 Å². The molecule has 1 aromatic heterocycles. The summed E-state index contributed by atoms with van der Waals surface area (Å²) in [5.74, 6) is -7.97. The first-order valence-electron chi connectivity index (χ1n) is 30.8. The molecule has 0 unspecified atom stereocenters. The van der Waals surface area contributed by atoms with Crippen LogP contribution in [0, 0.1) is 11.8 Å². The van der Waals surface area contributed by atoms with Crippen molar-refractivity contribution in [2.75, 3.05) is 58.0 Å². The summed E-state index contributed by atoms with van der Waals surface area (Å²) < 4.78 is 143. The normalized spacial score (nSPS) is 26.4. The minimum absolute atomic E-state index is 0.0442. The van der Waals surface area contributed by atoms with Gasteiger partial charge in [-0.05, 0) is 67.0 Å². The quantitative estimate of drug-likeness (QED) is 0.00750. The number of carbonyl (C=O) groups excluding carboxylic acids is 5. The Morgan fingerprint density at radius 2 is 1.28 bits per heavy atom. The predicted molar refractivity (Wildman–Crippen MR) is 331 cm³/mol. The molecule has 4 fully saturated rings. The largest absolute Gasteiger partial charge is 0.479 e. The fraction of sp³-hybridized carbons (Fsp3) is 0.552. The van der Waals surface area contributed by atoms with Crippen LogP contribution in [0.25, 0.3) is 10.8 Å². The van der Waals surface area contributed by atoms with E-state index in [9.17, 15) is 113 Å². The Hall–Kier alpha value is -7.41. The van der Waals surface area contributed by atoms with E-state index < -0.39 is 252 Å². The van der Waals surface area contributed by atoms with E-state index in [1.165, 1.54) is 24.3 Å². The number of ether oxygens (including phenoxy) is 7. The van der Waals surface area contributed by atoms with Gasteiger partial charge in [-0.25, -0.2) is 24.2 Å². The molecule has 15 atom stereocenters. The van der Waals surface area contributed by atoms with Gasteiger partial charge >= 0.3 is 17.6 Å². The molecule has 3 heterocycles. The molecule has 100 heavy (non-hydrogen) atoms. The highest BCUT2D eigenvalue weighted by Gasteiger charge is 2.55. The Kier molecular flexibility index (Phi) is 27.0. The molecule has 0 radical (unpaired) electrons. The second kappa shape index (κ2) is 34.5. The number of nitrogens with one attached hydrogen (secondary N) is 6. The predicted octanol–water partition coefficient (Wildman–Crippen LogP) is -4.02. The van der Waals surface area contributed by atoms with Crippen molar-refractivity contribution in [3.63, 3.8) is 0 Å². The summed E-state index contributed by atoms with van der Waals surface area (Å²) in [5.41, 5.74) is -3.59. The Balaban J connectivity index is 0.981. The van der Waals surface area contributed by atoms with Crippen molar-refractivity contribution >= 4 is 82.4 Å². The van der Waals surface area contributed by atoms with Gasteiger partial charge in [-0.3, -0.25) is 42.6 Å². The molecule has 0 bridgehead atoms. The van der Waals surface area contributed by atoms with Crippen molar-refractivity contribution < 1.29 is 146 Å². The molecule has 42 heteroatoms. The number of aliphatic hydroxyl groups excluding tert-OH is 6. The summed E-state index contributed by atoms with van der Waals surface area (Å²) in [6.07, 6.45) is -22.0. The van der Waals surface area contributed by atoms with Gasteiger partial charge in [0.25, 0.3) is 41.8 Å². The lowest BCUT2D eigenvalue weighted by Crippen LogP contribution is -2.65. The molecule has 3 aromatic carbocycles. The highest BCUT2D eigenvalue weighted by molar-refractivity contribution is 7.87. The van der Waals surface area contributed by atoms with E-state index in [2.05, 4.69) is 26.3 Å². The Morgan fingerprint density at radius 3 is 1.90 bits per heavy atom. The number of aromatic nitrogens is 2. The summed E-state index contributed by atoms with van der Waals surface area (Å²) >= 11 is 0. The Labute approximate surface area is 566 Å². The Bertz CT molecular complexity index is 4010. The van der Waals surface area contributed by atoms with Gasteiger partial charge in [-0.15, -0.1) is 0 Å². The van der Waals surface area contributed by atoms with E-state index in [1.54, 1.807) is 6.07 Å². The van der Waals surface area contributed by atoms with Crippen molar-refractivity contribution in [2.45, 2.75) is 152 Å². The number of carbonyl (C=O) groups is 6. The molecule has 2 saturated carbocycles. The topological polar surface area (TPSA) is 604 Å². The van der Waals surface area contributed by atoms with Crippen LogP contribution >= 0.6 is 0 Å². The number of aromatic amines is 2. The Morgan fingerprint density at radius 1 is 0.660 bits per heavy atom. The van der Waals surface area contributed by atoms with Crippen LogP contribution in [0.5, 0.6) is 0 Å². The fourth-order valence-corrected chi connectivity index (χ4v) is 13.6. The number of H-pyrrole nitrogens is 2. The molecule has 0 spiro atoms. The smallest absolute Gasteiger partial charge is 0.338 e. The first-order valence-corrected chi connectivity index (χ1v) is 35.1. The summed E-state index contributed by atoms with van der Waals surface area (Å²) in [6, 6.07) is 8.40. The van der Waals surface area contributed by atoms with Crippen molar-refractivity contribution in [1.29, 1.82) is 0 Å². The third-order valence-electron chi connectivity index (χ3n) is 16.5. The highest BCUT2D eigenvalue weighted by atomic mass is 32.2. The number of rotatable bonds is 31. The van der Waals surface area contributed by atoms with Gasteiger partial charge in [0.05, 0.1) is 59.6 Å². The van der Waals surface area contributed by atoms with Crippen molar-refractivity contribution in [3.8, 4) is 0 Å². The molecular formula is C58H74N6O33S3. The van der Waals surface area contributed by atoms with Crippen LogP contribution in [0.1, 0.15) is 72.2 Å². The molecule has 39 nitrogen and oxygen atoms in total. The van der Waals surface area contributed by atoms with Crippen molar-refractivity contribution in [2.24, 2.45) is 11.8 Å². The van der Waals surface area contributed by atoms with Crippen LogP contribution < -0.4 is 32.5 Å². The van der Waals surface area contributed by atoms with Gasteiger partial charge in [0, 0.05) is 30.5 Å². The molecule has 2 aliphatic carbocycles. The lowest BCUT2D eigenvalue weighted by molar-refractivity contribution is -0.413. The lowest BCUT2D eigenvalue weighted by atomic mass is 9.80. The molecule has 2 aliphatic heterocycles. The SMILES string of the molecule is O=C(COCCOCC(=O)Nc1cc(S(=O)(=O)O)cc2cc(S(=O)(=O)O)cc(S(=O)(=O)O)c12)NCCNC(=O)[C@@H]1C[C@H](NC(=O)c2cc(=O)[nH]c(=O)[nH]2)[C@@H](O[C@@H]2O[C@@H](CO)[C@@H](O)[C@@H](O)[C@@H]2O)[C@H](O[C@@H]2O[C@H](CO)[C@H](O)[C@H](OO[C@@H](CC3CCCCC3)C(=O)O)[C@H]2OC(=O)c2ccccc2)C1. The number of hydrogen-bond acceptors (Lipinski definition) is 29. The highest BCUT2D eigenvalue weighted by Crippen LogP contribution is 2.39. The average molecular weight is 1480 g/mol. The van der Waals surface area contributed by atoms with E-state index in [0.29, 0.717) is 43.2 Å². The average Bonchev–Trinajstić information content (AvgIpc) is 0.754. The second-order valence-electron chi connectivity index (χ2n) is 23.6. The summed E-state index contributed by atoms with van der Waals surface area (Å²) in [6.45, 7) is -4.94. The number of amides is 4. The number of esters is 1. The molecule has 2 saturated heterocycles. The van der Waals surface area contributed by atoms with Crippen LogP contribution in [0.4, 0.5) is 5.69 Å². The standard InChI is InChI=1S/C58H74N6O33S3/c65-23-38-45(70)47(72)48(73)56(92-38)95-49-34(62-53(75)35-22-41(67)64-58(79)63-35)18-30(19-36(49)91-57-51(94-55(78)28-9-5-2-6-10-28)50(46(71)39(24-66)93-57)97-96-37(54(76)77)15-27-7-3-1-4-8-27)52(74)60-12-11-59-42(68)25-89-13-14-90-26-43(69)61-33-20-31(98(80,81)82)16-29-17-32(99(83,84)85)21-40(44(29)33)100(86,87)88/h2,5-6,9-10,16-17,20-22,27,30,34,36-39,45-51,56-57,65-66,70-73H,1,3-4,7-8,11-15,18-19,23-26H2,(H,59,68)(H,60,74)(H,61,69)(H,62,75)(H,76,77)(H,80,81,82)(H,83,84,85)(H,86,87,88)(H2,63,64,67,79)/t30-,34+,36-,37+,38+,39-,45-,46+,47-,48+,49-,50+,51-,56+,57-/m1/s1. The molecule has 4 amide bonds. The molecule has 16 N–H and O–H groups in total. The second-order valence-corrected chi connectivity index (χ2v) is 27.8. The maximum Gasteiger partial charge on any atom is 0.338 e. The summed E-state index contributed by atoms with van der Waals surface area (Å²) in [7, 11) is -15.7. The van der Waals surface area contributed by atoms with E-state index in [4.69, 9.17) is 42.9 Å². The minimum atomic E-state index is -5.36. The number of carboxylic acid groups (broad SMARTS) is 1. The number of hydrogen-bond donors (Lipinski definition) is 16. The van der Waals surface area contributed by atoms with Gasteiger partial charge in [-0.2, -0.15) is 25.3 Å². The zero-order valence-corrected chi connectivity index (χ0v) is 54.9. The van der Waals surface area contributed by atoms with Crippen LogP contribution in [0.15, 0.2) is 84.9 Å². The zero-order valence-electron chi connectivity index (χ0n) is 52.4. The molecule has 4 aliphatic rings. The zero-order chi connectivity index (χ0) is 73.0. The number of aliphatic hydroxyl groups is 6. The number of anilines is 1. The summed E-state index contributed by atoms with van der Waals surface area (Å²) in [5, 5.41) is 84.2. The molecule has 552 valence electrons. The van der Waals surface area contributed by atoms with E-state index in [0.717, 1.165) is 19.3 Å². The first-order chi connectivity index (χ1) is 47.2. The third kappa shape index (κ3) is 20.7. The van der Waals surface area contributed by atoms with E-state index in [1.807, 2.05) is 4.98 Å². The van der Waals surface area contributed by atoms with Gasteiger partial charge < -0.3 is 95.2 Å². The van der Waals surface area contributed by atoms with Gasteiger partial charge in [0.2, 0.25) is 17.7 Å². The maximum atomic E-state index is 14.4. The monoisotopic (exact) mass is 1480 g/mol. The first kappa shape index (κ1) is 78.3. The lowest BCUT2D eigenvalue weighted by Gasteiger charge is -2.48. The van der Waals surface area contributed by atoms with E-state index in [-0.39, 0.29) is 37.6 Å². The fourth-order valence-electron chi connectivity index (χ4n) is 11.7. The third-order valence-corrected chi connectivity index (χ3v) is 19.1. The van der Waals surface area contributed by atoms with Gasteiger partial charge in [0.15, 0.2) is 30.9 Å².